The highest BCUT2D eigenvalue weighted by Crippen LogP contribution is 2.18. The number of carbonyl (C=O) groups is 1. The Kier molecular flexibility index (Phi) is 3.88. The zero-order valence-corrected chi connectivity index (χ0v) is 10.4. The molecule has 0 aliphatic carbocycles. The second-order valence-electron chi connectivity index (χ2n) is 4.05. The Morgan fingerprint density at radius 3 is 2.94 bits per heavy atom. The van der Waals surface area contributed by atoms with Crippen LogP contribution in [0.4, 0.5) is 10.1 Å². The van der Waals surface area contributed by atoms with Gasteiger partial charge in [-0.05, 0) is 31.0 Å². The Labute approximate surface area is 109 Å². The van der Waals surface area contributed by atoms with Crippen molar-refractivity contribution in [2.24, 2.45) is 5.73 Å². The summed E-state index contributed by atoms with van der Waals surface area (Å²) in [6.07, 6.45) is 1.15. The van der Waals surface area contributed by atoms with Crippen LogP contribution in [0.1, 0.15) is 18.4 Å². The molecule has 18 heavy (non-hydrogen) atoms. The number of halogens is 1. The molecule has 1 unspecified atom stereocenters. The fourth-order valence-electron chi connectivity index (χ4n) is 1.80. The lowest BCUT2D eigenvalue weighted by Crippen LogP contribution is -2.27. The van der Waals surface area contributed by atoms with E-state index in [0.717, 1.165) is 6.42 Å². The molecule has 0 spiro atoms. The second-order valence-corrected chi connectivity index (χ2v) is 4.49. The number of rotatable bonds is 3. The number of hydrogen-bond donors (Lipinski definition) is 2. The van der Waals surface area contributed by atoms with Crippen LogP contribution in [-0.4, -0.2) is 23.6 Å². The van der Waals surface area contributed by atoms with Crippen LogP contribution < -0.4 is 11.1 Å². The number of carbonyl (C=O) groups excluding carboxylic acids is 1. The van der Waals surface area contributed by atoms with E-state index in [1.54, 1.807) is 0 Å². The van der Waals surface area contributed by atoms with Crippen LogP contribution in [0.5, 0.6) is 0 Å². The molecule has 6 heteroatoms. The molecular formula is C12H13FN2O2S. The minimum atomic E-state index is -0.502. The summed E-state index contributed by atoms with van der Waals surface area (Å²) in [5, 5.41) is 2.66. The van der Waals surface area contributed by atoms with Crippen LogP contribution in [0.15, 0.2) is 18.2 Å². The Bertz CT molecular complexity index is 487. The monoisotopic (exact) mass is 268 g/mol. The summed E-state index contributed by atoms with van der Waals surface area (Å²) in [4.78, 5) is 11.7. The summed E-state index contributed by atoms with van der Waals surface area (Å²) in [5.74, 6) is -0.731. The number of nitrogens with one attached hydrogen (secondary N) is 1. The van der Waals surface area contributed by atoms with Gasteiger partial charge in [-0.25, -0.2) is 4.39 Å². The van der Waals surface area contributed by atoms with E-state index in [2.05, 4.69) is 5.32 Å². The van der Waals surface area contributed by atoms with Gasteiger partial charge in [-0.15, -0.1) is 0 Å². The smallest absolute Gasteiger partial charge is 0.253 e. The van der Waals surface area contributed by atoms with E-state index < -0.39 is 11.9 Å². The Hall–Kier alpha value is -1.53. The third-order valence-electron chi connectivity index (χ3n) is 2.72. The molecule has 3 N–H and O–H groups in total. The molecule has 1 amide bonds. The molecule has 1 aliphatic rings. The van der Waals surface area contributed by atoms with Gasteiger partial charge in [0.25, 0.3) is 5.91 Å². The summed E-state index contributed by atoms with van der Waals surface area (Å²) in [7, 11) is 0. The van der Waals surface area contributed by atoms with Crippen molar-refractivity contribution in [1.82, 2.24) is 0 Å². The van der Waals surface area contributed by atoms with Gasteiger partial charge in [0.1, 0.15) is 16.9 Å². The highest BCUT2D eigenvalue weighted by atomic mass is 32.1. The number of thiocarbonyl (C=S) groups is 1. The number of amides is 1. The van der Waals surface area contributed by atoms with Gasteiger partial charge in [0.2, 0.25) is 0 Å². The quantitative estimate of drug-likeness (QED) is 0.817. The molecule has 1 saturated heterocycles. The lowest BCUT2D eigenvalue weighted by atomic mass is 10.1. The zero-order chi connectivity index (χ0) is 13.1. The molecule has 2 rings (SSSR count). The van der Waals surface area contributed by atoms with Gasteiger partial charge in [0, 0.05) is 17.9 Å². The van der Waals surface area contributed by atoms with Gasteiger partial charge >= 0.3 is 0 Å². The van der Waals surface area contributed by atoms with Crippen LogP contribution in [0.3, 0.4) is 0 Å². The Morgan fingerprint density at radius 1 is 1.56 bits per heavy atom. The van der Waals surface area contributed by atoms with E-state index in [1.807, 2.05) is 0 Å². The minimum absolute atomic E-state index is 0.0410. The van der Waals surface area contributed by atoms with Gasteiger partial charge in [-0.3, -0.25) is 4.79 Å². The maximum absolute atomic E-state index is 13.4. The van der Waals surface area contributed by atoms with Crippen molar-refractivity contribution >= 4 is 28.8 Å². The van der Waals surface area contributed by atoms with E-state index in [-0.39, 0.29) is 16.5 Å². The number of ether oxygens (including phenoxy) is 1. The Morgan fingerprint density at radius 2 is 2.33 bits per heavy atom. The average molecular weight is 268 g/mol. The molecule has 1 aromatic carbocycles. The lowest BCUT2D eigenvalue weighted by molar-refractivity contribution is -0.124. The first-order valence-corrected chi connectivity index (χ1v) is 6.00. The second kappa shape index (κ2) is 5.41. The molecule has 0 aromatic heterocycles. The first-order valence-electron chi connectivity index (χ1n) is 5.60. The molecule has 1 fully saturated rings. The highest BCUT2D eigenvalue weighted by Gasteiger charge is 2.23. The first kappa shape index (κ1) is 12.9. The summed E-state index contributed by atoms with van der Waals surface area (Å²) in [6.45, 7) is 0.597. The van der Waals surface area contributed by atoms with Crippen LogP contribution in [0.25, 0.3) is 0 Å². The number of benzene rings is 1. The standard InChI is InChI=1S/C12H13FN2O2S/c13-9-4-3-7(6-8(9)11(14)18)15-12(16)10-2-1-5-17-10/h3-4,6,10H,1-2,5H2,(H2,14,18)(H,15,16). The zero-order valence-electron chi connectivity index (χ0n) is 9.61. The maximum Gasteiger partial charge on any atom is 0.253 e. The molecule has 1 aliphatic heterocycles. The lowest BCUT2D eigenvalue weighted by Gasteiger charge is -2.11. The molecule has 96 valence electrons. The van der Waals surface area contributed by atoms with Gasteiger partial charge < -0.3 is 15.8 Å². The number of nitrogens with two attached hydrogens (primary N) is 1. The summed E-state index contributed by atoms with van der Waals surface area (Å²) in [6, 6.07) is 4.11. The van der Waals surface area contributed by atoms with Crippen LogP contribution in [-0.2, 0) is 9.53 Å². The normalized spacial score (nSPS) is 18.6. The van der Waals surface area contributed by atoms with Crippen molar-refractivity contribution < 1.29 is 13.9 Å². The maximum atomic E-state index is 13.4. The highest BCUT2D eigenvalue weighted by molar-refractivity contribution is 7.80. The molecule has 4 nitrogen and oxygen atoms in total. The van der Waals surface area contributed by atoms with Crippen molar-refractivity contribution in [2.45, 2.75) is 18.9 Å². The predicted octanol–water partition coefficient (Wildman–Crippen LogP) is 1.58. The summed E-state index contributed by atoms with van der Waals surface area (Å²) < 4.78 is 18.6. The molecule has 0 bridgehead atoms. The van der Waals surface area contributed by atoms with Crippen LogP contribution in [0, 0.1) is 5.82 Å². The van der Waals surface area contributed by atoms with E-state index in [9.17, 15) is 9.18 Å². The van der Waals surface area contributed by atoms with E-state index >= 15 is 0 Å². The van der Waals surface area contributed by atoms with Gasteiger partial charge in [-0.2, -0.15) is 0 Å². The number of hydrogen-bond acceptors (Lipinski definition) is 3. The topological polar surface area (TPSA) is 64.3 Å². The van der Waals surface area contributed by atoms with Crippen molar-refractivity contribution in [3.63, 3.8) is 0 Å². The summed E-state index contributed by atoms with van der Waals surface area (Å²) in [5.41, 5.74) is 5.97. The first-order chi connectivity index (χ1) is 8.58. The van der Waals surface area contributed by atoms with Crippen molar-refractivity contribution in [3.8, 4) is 0 Å². The largest absolute Gasteiger partial charge is 0.389 e. The fraction of sp³-hybridized carbons (Fsp3) is 0.333. The fourth-order valence-corrected chi connectivity index (χ4v) is 1.96. The van der Waals surface area contributed by atoms with Crippen LogP contribution in [0.2, 0.25) is 0 Å². The Balaban J connectivity index is 2.11. The minimum Gasteiger partial charge on any atom is -0.389 e. The molecule has 0 saturated carbocycles. The molecule has 0 radical (unpaired) electrons. The van der Waals surface area contributed by atoms with Gasteiger partial charge in [-0.1, -0.05) is 12.2 Å². The third-order valence-corrected chi connectivity index (χ3v) is 2.94. The number of anilines is 1. The van der Waals surface area contributed by atoms with E-state index in [1.165, 1.54) is 18.2 Å². The van der Waals surface area contributed by atoms with Gasteiger partial charge in [0.05, 0.1) is 0 Å². The molecular weight excluding hydrogens is 255 g/mol. The van der Waals surface area contributed by atoms with Crippen molar-refractivity contribution in [3.05, 3.63) is 29.6 Å². The molecule has 1 heterocycles. The molecule has 1 atom stereocenters. The van der Waals surface area contributed by atoms with Crippen molar-refractivity contribution in [2.75, 3.05) is 11.9 Å². The average Bonchev–Trinajstić information content (AvgIpc) is 2.85. The third kappa shape index (κ3) is 2.83. The SMILES string of the molecule is NC(=S)c1cc(NC(=O)C2CCCO2)ccc1F. The molecule has 1 aromatic rings. The summed E-state index contributed by atoms with van der Waals surface area (Å²) >= 11 is 4.73. The van der Waals surface area contributed by atoms with Crippen molar-refractivity contribution in [1.29, 1.82) is 0 Å². The van der Waals surface area contributed by atoms with E-state index in [0.29, 0.717) is 18.7 Å². The van der Waals surface area contributed by atoms with Crippen LogP contribution >= 0.6 is 12.2 Å². The van der Waals surface area contributed by atoms with Gasteiger partial charge in [0.15, 0.2) is 0 Å². The predicted molar refractivity (Wildman–Crippen MR) is 69.9 cm³/mol. The van der Waals surface area contributed by atoms with E-state index in [4.69, 9.17) is 22.7 Å².